The SMILES string of the molecule is COC(=O)c1cccc(COC2CC3CC2=CN3)c1. The van der Waals surface area contributed by atoms with Crippen molar-refractivity contribution in [2.45, 2.75) is 31.6 Å². The summed E-state index contributed by atoms with van der Waals surface area (Å²) in [6.45, 7) is 0.527. The second-order valence-electron chi connectivity index (χ2n) is 5.01. The Kier molecular flexibility index (Phi) is 3.25. The lowest BCUT2D eigenvalue weighted by Crippen LogP contribution is -2.24. The van der Waals surface area contributed by atoms with Crippen LogP contribution in [0, 0.1) is 0 Å². The summed E-state index contributed by atoms with van der Waals surface area (Å²) in [5.41, 5.74) is 2.92. The van der Waals surface area contributed by atoms with Crippen LogP contribution >= 0.6 is 0 Å². The highest BCUT2D eigenvalue weighted by atomic mass is 16.5. The van der Waals surface area contributed by atoms with Gasteiger partial charge in [0.25, 0.3) is 0 Å². The fourth-order valence-corrected chi connectivity index (χ4v) is 2.69. The first kappa shape index (κ1) is 12.2. The van der Waals surface area contributed by atoms with Gasteiger partial charge in [0.15, 0.2) is 0 Å². The number of hydrogen-bond acceptors (Lipinski definition) is 4. The fourth-order valence-electron chi connectivity index (χ4n) is 2.69. The number of carbonyl (C=O) groups excluding carboxylic acids is 1. The van der Waals surface area contributed by atoms with Crippen LogP contribution in [0.25, 0.3) is 0 Å². The Bertz CT molecular complexity index is 524. The van der Waals surface area contributed by atoms with Gasteiger partial charge in [0.05, 0.1) is 25.4 Å². The molecule has 1 saturated carbocycles. The molecule has 0 amide bonds. The molecule has 0 aromatic heterocycles. The van der Waals surface area contributed by atoms with Crippen LogP contribution in [0.3, 0.4) is 0 Å². The smallest absolute Gasteiger partial charge is 0.337 e. The Balaban J connectivity index is 1.62. The van der Waals surface area contributed by atoms with Crippen molar-refractivity contribution in [3.8, 4) is 0 Å². The van der Waals surface area contributed by atoms with Crippen molar-refractivity contribution in [3.05, 3.63) is 47.2 Å². The van der Waals surface area contributed by atoms with Crippen LogP contribution < -0.4 is 5.32 Å². The summed E-state index contributed by atoms with van der Waals surface area (Å²) < 4.78 is 10.6. The molecule has 1 fully saturated rings. The number of carbonyl (C=O) groups is 1. The zero-order valence-electron chi connectivity index (χ0n) is 10.9. The van der Waals surface area contributed by atoms with Gasteiger partial charge in [-0.25, -0.2) is 4.79 Å². The minimum atomic E-state index is -0.311. The number of hydrogen-bond donors (Lipinski definition) is 1. The number of fused-ring (bicyclic) bond motifs is 2. The Morgan fingerprint density at radius 3 is 3.05 bits per heavy atom. The van der Waals surface area contributed by atoms with Gasteiger partial charge < -0.3 is 14.8 Å². The van der Waals surface area contributed by atoms with Crippen LogP contribution in [-0.2, 0) is 16.1 Å². The lowest BCUT2D eigenvalue weighted by Gasteiger charge is -2.17. The molecule has 1 aliphatic carbocycles. The molecule has 19 heavy (non-hydrogen) atoms. The maximum absolute atomic E-state index is 11.4. The van der Waals surface area contributed by atoms with Crippen LogP contribution in [0.1, 0.15) is 28.8 Å². The molecule has 2 atom stereocenters. The highest BCUT2D eigenvalue weighted by molar-refractivity contribution is 5.89. The van der Waals surface area contributed by atoms with Crippen molar-refractivity contribution >= 4 is 5.97 Å². The molecule has 1 N–H and O–H groups in total. The predicted octanol–water partition coefficient (Wildman–Crippen LogP) is 2.01. The van der Waals surface area contributed by atoms with E-state index in [0.717, 1.165) is 18.4 Å². The highest BCUT2D eigenvalue weighted by Crippen LogP contribution is 2.32. The van der Waals surface area contributed by atoms with Gasteiger partial charge in [-0.3, -0.25) is 0 Å². The van der Waals surface area contributed by atoms with Crippen molar-refractivity contribution in [1.29, 1.82) is 0 Å². The van der Waals surface area contributed by atoms with Crippen LogP contribution in [-0.4, -0.2) is 25.2 Å². The van der Waals surface area contributed by atoms with Crippen LogP contribution in [0.5, 0.6) is 0 Å². The zero-order chi connectivity index (χ0) is 13.2. The average Bonchev–Trinajstić information content (AvgIpc) is 3.07. The molecule has 1 aromatic rings. The topological polar surface area (TPSA) is 47.6 Å². The van der Waals surface area contributed by atoms with Crippen molar-refractivity contribution in [2.75, 3.05) is 7.11 Å². The van der Waals surface area contributed by atoms with Gasteiger partial charge >= 0.3 is 5.97 Å². The summed E-state index contributed by atoms with van der Waals surface area (Å²) >= 11 is 0. The van der Waals surface area contributed by atoms with Crippen molar-refractivity contribution in [1.82, 2.24) is 5.32 Å². The van der Waals surface area contributed by atoms with E-state index in [2.05, 4.69) is 11.5 Å². The maximum Gasteiger partial charge on any atom is 0.337 e. The second kappa shape index (κ2) is 5.05. The predicted molar refractivity (Wildman–Crippen MR) is 70.6 cm³/mol. The van der Waals surface area contributed by atoms with Crippen molar-refractivity contribution in [2.24, 2.45) is 0 Å². The van der Waals surface area contributed by atoms with Crippen LogP contribution in [0.4, 0.5) is 0 Å². The van der Waals surface area contributed by atoms with Crippen molar-refractivity contribution in [3.63, 3.8) is 0 Å². The number of ether oxygens (including phenoxy) is 2. The summed E-state index contributed by atoms with van der Waals surface area (Å²) in [6.07, 6.45) is 4.45. The Morgan fingerprint density at radius 1 is 1.47 bits per heavy atom. The lowest BCUT2D eigenvalue weighted by atomic mass is 10.1. The van der Waals surface area contributed by atoms with Gasteiger partial charge in [-0.05, 0) is 42.3 Å². The number of nitrogens with one attached hydrogen (secondary N) is 1. The van der Waals surface area contributed by atoms with Crippen LogP contribution in [0.15, 0.2) is 36.0 Å². The van der Waals surface area contributed by atoms with E-state index in [1.54, 1.807) is 6.07 Å². The quantitative estimate of drug-likeness (QED) is 0.840. The second-order valence-corrected chi connectivity index (χ2v) is 5.01. The summed E-state index contributed by atoms with van der Waals surface area (Å²) in [7, 11) is 1.39. The van der Waals surface area contributed by atoms with Gasteiger partial charge in [-0.2, -0.15) is 0 Å². The number of esters is 1. The molecule has 100 valence electrons. The molecule has 0 saturated heterocycles. The first-order valence-electron chi connectivity index (χ1n) is 6.50. The number of methoxy groups -OCH3 is 1. The van der Waals surface area contributed by atoms with Crippen molar-refractivity contribution < 1.29 is 14.3 Å². The van der Waals surface area contributed by atoms with E-state index in [9.17, 15) is 4.79 Å². The minimum absolute atomic E-state index is 0.230. The number of rotatable bonds is 4. The lowest BCUT2D eigenvalue weighted by molar-refractivity contribution is 0.0595. The monoisotopic (exact) mass is 259 g/mol. The highest BCUT2D eigenvalue weighted by Gasteiger charge is 2.33. The Hall–Kier alpha value is -1.81. The molecule has 2 aliphatic rings. The first-order valence-corrected chi connectivity index (χ1v) is 6.50. The normalized spacial score (nSPS) is 23.9. The standard InChI is InChI=1S/C15H17NO3/c1-18-15(17)11-4-2-3-10(5-11)9-19-14-7-13-6-12(14)8-16-13/h2-5,8,13-14,16H,6-7,9H2,1H3. The molecule has 1 aromatic carbocycles. The largest absolute Gasteiger partial charge is 0.465 e. The third kappa shape index (κ3) is 2.49. The molecular formula is C15H17NO3. The third-order valence-corrected chi connectivity index (χ3v) is 3.70. The molecule has 0 spiro atoms. The summed E-state index contributed by atoms with van der Waals surface area (Å²) in [4.78, 5) is 11.4. The Labute approximate surface area is 112 Å². The summed E-state index contributed by atoms with van der Waals surface area (Å²) in [5.74, 6) is -0.311. The van der Waals surface area contributed by atoms with Gasteiger partial charge in [-0.1, -0.05) is 12.1 Å². The molecule has 4 nitrogen and oxygen atoms in total. The number of benzene rings is 1. The molecular weight excluding hydrogens is 242 g/mol. The maximum atomic E-state index is 11.4. The molecule has 0 radical (unpaired) electrons. The van der Waals surface area contributed by atoms with E-state index < -0.39 is 0 Å². The molecule has 1 aliphatic heterocycles. The van der Waals surface area contributed by atoms with E-state index in [1.807, 2.05) is 18.2 Å². The molecule has 3 rings (SSSR count). The molecule has 2 bridgehead atoms. The first-order chi connectivity index (χ1) is 9.26. The Morgan fingerprint density at radius 2 is 2.37 bits per heavy atom. The summed E-state index contributed by atoms with van der Waals surface area (Å²) in [5, 5.41) is 3.31. The fraction of sp³-hybridized carbons (Fsp3) is 0.400. The van der Waals surface area contributed by atoms with E-state index in [1.165, 1.54) is 12.7 Å². The zero-order valence-corrected chi connectivity index (χ0v) is 10.9. The molecule has 1 heterocycles. The third-order valence-electron chi connectivity index (χ3n) is 3.70. The van der Waals surface area contributed by atoms with Crippen LogP contribution in [0.2, 0.25) is 0 Å². The van der Waals surface area contributed by atoms with Gasteiger partial charge in [0, 0.05) is 6.04 Å². The van der Waals surface area contributed by atoms with E-state index >= 15 is 0 Å². The van der Waals surface area contributed by atoms with E-state index in [-0.39, 0.29) is 12.1 Å². The average molecular weight is 259 g/mol. The molecule has 4 heteroatoms. The van der Waals surface area contributed by atoms with E-state index in [0.29, 0.717) is 18.2 Å². The van der Waals surface area contributed by atoms with Gasteiger partial charge in [-0.15, -0.1) is 0 Å². The minimum Gasteiger partial charge on any atom is -0.465 e. The van der Waals surface area contributed by atoms with E-state index in [4.69, 9.17) is 9.47 Å². The summed E-state index contributed by atoms with van der Waals surface area (Å²) in [6, 6.07) is 7.95. The van der Waals surface area contributed by atoms with Gasteiger partial charge in [0.2, 0.25) is 0 Å². The van der Waals surface area contributed by atoms with Gasteiger partial charge in [0.1, 0.15) is 0 Å². The molecule has 2 unspecified atom stereocenters.